The van der Waals surface area contributed by atoms with Gasteiger partial charge in [0.2, 0.25) is 5.95 Å². The zero-order chi connectivity index (χ0) is 19.7. The fourth-order valence-corrected chi connectivity index (χ4v) is 3.29. The van der Waals surface area contributed by atoms with Crippen LogP contribution in [0.1, 0.15) is 12.5 Å². The molecule has 0 bridgehead atoms. The molecule has 0 spiro atoms. The van der Waals surface area contributed by atoms with E-state index in [1.54, 1.807) is 19.4 Å². The Morgan fingerprint density at radius 1 is 1.11 bits per heavy atom. The average molecular weight is 379 g/mol. The molecule has 1 aliphatic rings. The van der Waals surface area contributed by atoms with Crippen LogP contribution in [0.5, 0.6) is 23.0 Å². The topological polar surface area (TPSA) is 99.7 Å². The molecule has 3 aromatic rings. The number of rotatable bonds is 4. The first-order valence-corrected chi connectivity index (χ1v) is 9.03. The van der Waals surface area contributed by atoms with E-state index in [1.807, 2.05) is 31.2 Å². The van der Waals surface area contributed by atoms with Gasteiger partial charge < -0.3 is 25.1 Å². The second-order valence-electron chi connectivity index (χ2n) is 6.38. The lowest BCUT2D eigenvalue weighted by atomic mass is 9.97. The molecule has 0 radical (unpaired) electrons. The van der Waals surface area contributed by atoms with Crippen LogP contribution in [0.3, 0.4) is 0 Å². The number of aromatic nitrogens is 2. The lowest BCUT2D eigenvalue weighted by molar-refractivity contribution is 0.171. The van der Waals surface area contributed by atoms with Crippen LogP contribution in [0, 0.1) is 0 Å². The van der Waals surface area contributed by atoms with E-state index in [-0.39, 0.29) is 11.7 Å². The van der Waals surface area contributed by atoms with Crippen LogP contribution in [0.2, 0.25) is 0 Å². The number of phenols is 1. The summed E-state index contributed by atoms with van der Waals surface area (Å²) in [5.74, 6) is 2.19. The molecular weight excluding hydrogens is 358 g/mol. The lowest BCUT2D eigenvalue weighted by Crippen LogP contribution is -2.15. The number of nitrogen functional groups attached to an aromatic ring is 1. The van der Waals surface area contributed by atoms with Crippen LogP contribution >= 0.6 is 0 Å². The molecule has 2 heterocycles. The van der Waals surface area contributed by atoms with Crippen molar-refractivity contribution in [1.82, 2.24) is 9.97 Å². The van der Waals surface area contributed by atoms with Crippen LogP contribution < -0.4 is 19.9 Å². The number of aromatic hydroxyl groups is 1. The highest BCUT2D eigenvalue weighted by Crippen LogP contribution is 2.41. The predicted octanol–water partition coefficient (Wildman–Crippen LogP) is 3.44. The zero-order valence-corrected chi connectivity index (χ0v) is 15.7. The standard InChI is InChI=1S/C21H21N3O4/c1-3-12-8-14(16(25)10-18(12)26-2)20-15(11-23-21(22)24-20)13-4-5-17-19(9-13)28-7-6-27-17/h4-5,8-11,25H,3,6-7H2,1-2H3,(H2,22,23,24). The molecule has 0 saturated carbocycles. The quantitative estimate of drug-likeness (QED) is 0.716. The van der Waals surface area contributed by atoms with E-state index >= 15 is 0 Å². The van der Waals surface area contributed by atoms with Crippen molar-refractivity contribution in [3.8, 4) is 45.4 Å². The first-order valence-electron chi connectivity index (χ1n) is 9.03. The zero-order valence-electron chi connectivity index (χ0n) is 15.7. The number of hydrogen-bond acceptors (Lipinski definition) is 7. The molecule has 2 aromatic carbocycles. The smallest absolute Gasteiger partial charge is 0.220 e. The fourth-order valence-electron chi connectivity index (χ4n) is 3.29. The monoisotopic (exact) mass is 379 g/mol. The van der Waals surface area contributed by atoms with Gasteiger partial charge in [-0.05, 0) is 35.7 Å². The summed E-state index contributed by atoms with van der Waals surface area (Å²) in [6.45, 7) is 3.05. The van der Waals surface area contributed by atoms with Crippen LogP contribution in [-0.2, 0) is 6.42 Å². The normalized spacial score (nSPS) is 12.6. The second kappa shape index (κ2) is 7.26. The van der Waals surface area contributed by atoms with E-state index in [2.05, 4.69) is 9.97 Å². The Balaban J connectivity index is 1.89. The molecule has 144 valence electrons. The Kier molecular flexibility index (Phi) is 4.65. The number of aryl methyl sites for hydroxylation is 1. The lowest BCUT2D eigenvalue weighted by Gasteiger charge is -2.19. The van der Waals surface area contributed by atoms with Gasteiger partial charge in [-0.2, -0.15) is 0 Å². The number of anilines is 1. The molecule has 28 heavy (non-hydrogen) atoms. The van der Waals surface area contributed by atoms with Gasteiger partial charge in [0, 0.05) is 23.4 Å². The molecule has 3 N–H and O–H groups in total. The van der Waals surface area contributed by atoms with Crippen LogP contribution in [0.4, 0.5) is 5.95 Å². The first-order chi connectivity index (χ1) is 13.6. The van der Waals surface area contributed by atoms with Crippen molar-refractivity contribution < 1.29 is 19.3 Å². The maximum absolute atomic E-state index is 10.6. The fraction of sp³-hybridized carbons (Fsp3) is 0.238. The molecule has 0 saturated heterocycles. The molecule has 0 unspecified atom stereocenters. The Bertz CT molecular complexity index is 1040. The molecule has 1 aromatic heterocycles. The van der Waals surface area contributed by atoms with Crippen molar-refractivity contribution in [1.29, 1.82) is 0 Å². The summed E-state index contributed by atoms with van der Waals surface area (Å²) in [6, 6.07) is 9.12. The Morgan fingerprint density at radius 3 is 2.64 bits per heavy atom. The molecule has 0 aliphatic carbocycles. The van der Waals surface area contributed by atoms with Crippen LogP contribution in [0.15, 0.2) is 36.5 Å². The highest BCUT2D eigenvalue weighted by molar-refractivity contribution is 5.85. The van der Waals surface area contributed by atoms with Gasteiger partial charge in [0.15, 0.2) is 11.5 Å². The summed E-state index contributed by atoms with van der Waals surface area (Å²) in [6.07, 6.45) is 2.40. The minimum atomic E-state index is 0.0611. The van der Waals surface area contributed by atoms with Gasteiger partial charge in [-0.1, -0.05) is 13.0 Å². The number of phenolic OH excluding ortho intramolecular Hbond substituents is 1. The predicted molar refractivity (Wildman–Crippen MR) is 106 cm³/mol. The maximum Gasteiger partial charge on any atom is 0.220 e. The molecule has 7 heteroatoms. The van der Waals surface area contributed by atoms with Gasteiger partial charge in [-0.3, -0.25) is 0 Å². The summed E-state index contributed by atoms with van der Waals surface area (Å²) in [7, 11) is 1.58. The number of ether oxygens (including phenoxy) is 3. The summed E-state index contributed by atoms with van der Waals surface area (Å²) in [4.78, 5) is 8.57. The Hall–Kier alpha value is -3.48. The Morgan fingerprint density at radius 2 is 1.89 bits per heavy atom. The van der Waals surface area contributed by atoms with E-state index in [9.17, 15) is 5.11 Å². The van der Waals surface area contributed by atoms with Gasteiger partial charge in [-0.25, -0.2) is 9.97 Å². The summed E-state index contributed by atoms with van der Waals surface area (Å²) < 4.78 is 16.6. The van der Waals surface area contributed by atoms with E-state index in [0.717, 1.165) is 23.1 Å². The van der Waals surface area contributed by atoms with E-state index < -0.39 is 0 Å². The van der Waals surface area contributed by atoms with Crippen molar-refractivity contribution >= 4 is 5.95 Å². The van der Waals surface area contributed by atoms with Crippen molar-refractivity contribution in [3.63, 3.8) is 0 Å². The molecule has 0 fully saturated rings. The van der Waals surface area contributed by atoms with Crippen LogP contribution in [0.25, 0.3) is 22.4 Å². The van der Waals surface area contributed by atoms with Gasteiger partial charge in [0.1, 0.15) is 24.7 Å². The summed E-state index contributed by atoms with van der Waals surface area (Å²) in [5, 5.41) is 10.6. The van der Waals surface area contributed by atoms with E-state index in [1.165, 1.54) is 0 Å². The molecule has 7 nitrogen and oxygen atoms in total. The SMILES string of the molecule is CCc1cc(-c2nc(N)ncc2-c2ccc3c(c2)OCCO3)c(O)cc1OC. The third-order valence-electron chi connectivity index (χ3n) is 4.70. The van der Waals surface area contributed by atoms with Gasteiger partial charge in [0.05, 0.1) is 12.8 Å². The van der Waals surface area contributed by atoms with Gasteiger partial charge in [0.25, 0.3) is 0 Å². The highest BCUT2D eigenvalue weighted by Gasteiger charge is 2.19. The van der Waals surface area contributed by atoms with Gasteiger partial charge in [-0.15, -0.1) is 0 Å². The molecule has 1 aliphatic heterocycles. The number of hydrogen-bond donors (Lipinski definition) is 2. The highest BCUT2D eigenvalue weighted by atomic mass is 16.6. The van der Waals surface area contributed by atoms with Crippen LogP contribution in [-0.4, -0.2) is 35.4 Å². The van der Waals surface area contributed by atoms with Gasteiger partial charge >= 0.3 is 0 Å². The molecular formula is C21H21N3O4. The van der Waals surface area contributed by atoms with E-state index in [4.69, 9.17) is 19.9 Å². The number of fused-ring (bicyclic) bond motifs is 1. The van der Waals surface area contributed by atoms with E-state index in [0.29, 0.717) is 41.7 Å². The third-order valence-corrected chi connectivity index (χ3v) is 4.70. The number of benzene rings is 2. The molecule has 4 rings (SSSR count). The molecule has 0 amide bonds. The summed E-state index contributed by atoms with van der Waals surface area (Å²) >= 11 is 0. The Labute approximate surface area is 162 Å². The summed E-state index contributed by atoms with van der Waals surface area (Å²) in [5.41, 5.74) is 9.49. The van der Waals surface area contributed by atoms with Crippen molar-refractivity contribution in [3.05, 3.63) is 42.1 Å². The second-order valence-corrected chi connectivity index (χ2v) is 6.38. The minimum absolute atomic E-state index is 0.0611. The van der Waals surface area contributed by atoms with Crippen molar-refractivity contribution in [2.24, 2.45) is 0 Å². The largest absolute Gasteiger partial charge is 0.507 e. The first kappa shape index (κ1) is 17.9. The third kappa shape index (κ3) is 3.15. The maximum atomic E-state index is 10.6. The van der Waals surface area contributed by atoms with Crippen molar-refractivity contribution in [2.45, 2.75) is 13.3 Å². The molecule has 0 atom stereocenters. The number of methoxy groups -OCH3 is 1. The van der Waals surface area contributed by atoms with Crippen molar-refractivity contribution in [2.75, 3.05) is 26.1 Å². The number of nitrogens with zero attached hydrogens (tertiary/aromatic N) is 2. The number of nitrogens with two attached hydrogens (primary N) is 1. The average Bonchev–Trinajstić information content (AvgIpc) is 2.73. The minimum Gasteiger partial charge on any atom is -0.507 e.